The van der Waals surface area contributed by atoms with Crippen molar-refractivity contribution in [2.24, 2.45) is 0 Å². The molecule has 0 saturated heterocycles. The first-order valence-corrected chi connectivity index (χ1v) is 8.46. The van der Waals surface area contributed by atoms with Crippen LogP contribution in [0.25, 0.3) is 0 Å². The molecule has 27 heavy (non-hydrogen) atoms. The summed E-state index contributed by atoms with van der Waals surface area (Å²) in [4.78, 5) is 11.5. The highest BCUT2D eigenvalue weighted by atomic mass is 19.4. The highest BCUT2D eigenvalue weighted by Crippen LogP contribution is 2.38. The van der Waals surface area contributed by atoms with E-state index < -0.39 is 17.8 Å². The molecule has 6 heteroatoms. The van der Waals surface area contributed by atoms with Crippen molar-refractivity contribution in [2.75, 3.05) is 12.4 Å². The predicted molar refractivity (Wildman–Crippen MR) is 99.9 cm³/mol. The maximum Gasteiger partial charge on any atom is 0.418 e. The Kier molecular flexibility index (Phi) is 6.66. The number of rotatable bonds is 7. The molecule has 0 aliphatic carbocycles. The number of carbonyl (C=O) groups is 1. The molecule has 0 amide bonds. The van der Waals surface area contributed by atoms with Crippen LogP contribution in [0.1, 0.15) is 37.4 Å². The molecule has 0 fully saturated rings. The topological polar surface area (TPSA) is 38.3 Å². The second kappa shape index (κ2) is 8.75. The maximum atomic E-state index is 13.5. The number of anilines is 1. The second-order valence-corrected chi connectivity index (χ2v) is 6.20. The van der Waals surface area contributed by atoms with Crippen LogP contribution in [-0.2, 0) is 11.0 Å². The zero-order valence-electron chi connectivity index (χ0n) is 15.4. The number of Topliss-reactive ketones (excluding diaryl/α,β-unsaturated/α-hetero) is 1. The normalized spacial score (nSPS) is 13.2. The van der Waals surface area contributed by atoms with E-state index in [1.54, 1.807) is 13.0 Å². The van der Waals surface area contributed by atoms with Gasteiger partial charge >= 0.3 is 6.18 Å². The third-order valence-corrected chi connectivity index (χ3v) is 4.28. The number of ether oxygens (including phenoxy) is 1. The van der Waals surface area contributed by atoms with Crippen LogP contribution in [0, 0.1) is 0 Å². The Morgan fingerprint density at radius 3 is 2.37 bits per heavy atom. The summed E-state index contributed by atoms with van der Waals surface area (Å²) in [5.41, 5.74) is 0.568. The lowest BCUT2D eigenvalue weighted by atomic mass is 10.0. The van der Waals surface area contributed by atoms with E-state index in [-0.39, 0.29) is 17.2 Å². The fraction of sp³-hybridized carbons (Fsp3) is 0.286. The molecule has 144 valence electrons. The summed E-state index contributed by atoms with van der Waals surface area (Å²) in [5.74, 6) is 0.0682. The molecule has 1 N–H and O–H groups in total. The van der Waals surface area contributed by atoms with Crippen LogP contribution in [0.2, 0.25) is 0 Å². The summed E-state index contributed by atoms with van der Waals surface area (Å²) in [6.07, 6.45) is -2.41. The number of benzene rings is 2. The maximum absolute atomic E-state index is 13.5. The molecule has 0 aromatic heterocycles. The Morgan fingerprint density at radius 1 is 1.15 bits per heavy atom. The molecule has 0 heterocycles. The van der Waals surface area contributed by atoms with Gasteiger partial charge in [0, 0.05) is 5.69 Å². The zero-order chi connectivity index (χ0) is 20.0. The largest absolute Gasteiger partial charge is 0.497 e. The number of methoxy groups -OCH3 is 1. The van der Waals surface area contributed by atoms with Crippen LogP contribution >= 0.6 is 0 Å². The zero-order valence-corrected chi connectivity index (χ0v) is 15.4. The number of hydrogen-bond donors (Lipinski definition) is 1. The Morgan fingerprint density at radius 2 is 1.81 bits per heavy atom. The predicted octanol–water partition coefficient (Wildman–Crippen LogP) is 5.79. The van der Waals surface area contributed by atoms with Gasteiger partial charge in [-0.1, -0.05) is 36.4 Å². The molecule has 0 bridgehead atoms. The van der Waals surface area contributed by atoms with Crippen molar-refractivity contribution in [1.82, 2.24) is 0 Å². The molecular formula is C21H22F3NO2. The van der Waals surface area contributed by atoms with E-state index in [4.69, 9.17) is 4.74 Å². The van der Waals surface area contributed by atoms with Gasteiger partial charge in [0.15, 0.2) is 5.78 Å². The van der Waals surface area contributed by atoms with E-state index in [0.717, 1.165) is 11.6 Å². The minimum atomic E-state index is -4.52. The Labute approximate surface area is 156 Å². The van der Waals surface area contributed by atoms with Crippen LogP contribution in [-0.4, -0.2) is 12.9 Å². The molecule has 1 unspecified atom stereocenters. The lowest BCUT2D eigenvalue weighted by Gasteiger charge is -2.23. The van der Waals surface area contributed by atoms with Gasteiger partial charge in [0.1, 0.15) is 5.75 Å². The molecule has 2 rings (SSSR count). The van der Waals surface area contributed by atoms with E-state index in [2.05, 4.69) is 5.32 Å². The molecule has 0 aliphatic heterocycles. The van der Waals surface area contributed by atoms with Crippen molar-refractivity contribution in [2.45, 2.75) is 32.5 Å². The number of nitrogens with one attached hydrogen (secondary N) is 1. The molecule has 0 radical (unpaired) electrons. The number of ketones is 1. The van der Waals surface area contributed by atoms with Gasteiger partial charge in [-0.05, 0) is 49.6 Å². The Hall–Kier alpha value is -2.76. The molecule has 2 aromatic rings. The van der Waals surface area contributed by atoms with Crippen LogP contribution in [0.3, 0.4) is 0 Å². The monoisotopic (exact) mass is 377 g/mol. The van der Waals surface area contributed by atoms with Crippen molar-refractivity contribution in [3.05, 3.63) is 71.3 Å². The number of halogens is 3. The summed E-state index contributed by atoms with van der Waals surface area (Å²) in [6.45, 7) is 3.15. The van der Waals surface area contributed by atoms with Gasteiger partial charge in [0.25, 0.3) is 0 Å². The highest BCUT2D eigenvalue weighted by molar-refractivity contribution is 5.92. The first-order valence-electron chi connectivity index (χ1n) is 8.46. The summed E-state index contributed by atoms with van der Waals surface area (Å²) in [7, 11) is 1.32. The van der Waals surface area contributed by atoms with Gasteiger partial charge in [-0.3, -0.25) is 4.79 Å². The minimum absolute atomic E-state index is 0.0361. The lowest BCUT2D eigenvalue weighted by molar-refractivity contribution is -0.137. The molecular weight excluding hydrogens is 355 g/mol. The second-order valence-electron chi connectivity index (χ2n) is 6.20. The standard InChI is InChI=1S/C21H22F3NO2/c1-14(15(2)26)9-11-19(16-7-5-4-6-8-16)25-20-12-10-17(27-3)13-18(20)21(22,23)24/h4-10,12-13,19,25H,11H2,1-3H3/b14-9+. The summed E-state index contributed by atoms with van der Waals surface area (Å²) in [5, 5.41) is 2.98. The molecule has 0 saturated carbocycles. The van der Waals surface area contributed by atoms with Gasteiger partial charge < -0.3 is 10.1 Å². The number of allylic oxidation sites excluding steroid dienone is 1. The highest BCUT2D eigenvalue weighted by Gasteiger charge is 2.34. The van der Waals surface area contributed by atoms with Crippen molar-refractivity contribution >= 4 is 11.5 Å². The van der Waals surface area contributed by atoms with Crippen molar-refractivity contribution < 1.29 is 22.7 Å². The summed E-state index contributed by atoms with van der Waals surface area (Å²) >= 11 is 0. The fourth-order valence-corrected chi connectivity index (χ4v) is 2.60. The smallest absolute Gasteiger partial charge is 0.418 e. The van der Waals surface area contributed by atoms with Crippen molar-refractivity contribution in [3.63, 3.8) is 0 Å². The van der Waals surface area contributed by atoms with Crippen molar-refractivity contribution in [3.8, 4) is 5.75 Å². The molecule has 0 aliphatic rings. The van der Waals surface area contributed by atoms with E-state index in [1.807, 2.05) is 30.3 Å². The molecule has 1 atom stereocenters. The van der Waals surface area contributed by atoms with E-state index in [1.165, 1.54) is 26.2 Å². The first-order chi connectivity index (χ1) is 12.7. The first kappa shape index (κ1) is 20.6. The van der Waals surface area contributed by atoms with Gasteiger partial charge in [-0.15, -0.1) is 0 Å². The van der Waals surface area contributed by atoms with Crippen LogP contribution in [0.5, 0.6) is 5.75 Å². The molecule has 0 spiro atoms. The van der Waals surface area contributed by atoms with Crippen molar-refractivity contribution in [1.29, 1.82) is 0 Å². The van der Waals surface area contributed by atoms with E-state index >= 15 is 0 Å². The molecule has 2 aromatic carbocycles. The van der Waals surface area contributed by atoms with Gasteiger partial charge in [0.2, 0.25) is 0 Å². The third kappa shape index (κ3) is 5.61. The third-order valence-electron chi connectivity index (χ3n) is 4.28. The lowest BCUT2D eigenvalue weighted by Crippen LogP contribution is -2.15. The Balaban J connectivity index is 2.41. The number of hydrogen-bond acceptors (Lipinski definition) is 3. The average Bonchev–Trinajstić information content (AvgIpc) is 2.64. The average molecular weight is 377 g/mol. The van der Waals surface area contributed by atoms with Gasteiger partial charge in [-0.25, -0.2) is 0 Å². The van der Waals surface area contributed by atoms with Crippen LogP contribution in [0.4, 0.5) is 18.9 Å². The van der Waals surface area contributed by atoms with Crippen LogP contribution < -0.4 is 10.1 Å². The van der Waals surface area contributed by atoms with Crippen LogP contribution in [0.15, 0.2) is 60.2 Å². The summed E-state index contributed by atoms with van der Waals surface area (Å²) < 4.78 is 45.4. The number of alkyl halides is 3. The number of carbonyl (C=O) groups excluding carboxylic acids is 1. The fourth-order valence-electron chi connectivity index (χ4n) is 2.60. The van der Waals surface area contributed by atoms with E-state index in [0.29, 0.717) is 12.0 Å². The molecule has 3 nitrogen and oxygen atoms in total. The van der Waals surface area contributed by atoms with Gasteiger partial charge in [0.05, 0.1) is 18.7 Å². The van der Waals surface area contributed by atoms with E-state index in [9.17, 15) is 18.0 Å². The summed E-state index contributed by atoms with van der Waals surface area (Å²) in [6, 6.07) is 12.6. The minimum Gasteiger partial charge on any atom is -0.497 e. The SMILES string of the molecule is COc1ccc(NC(C/C=C(\C)C(C)=O)c2ccccc2)c(C(F)(F)F)c1. The van der Waals surface area contributed by atoms with Gasteiger partial charge in [-0.2, -0.15) is 13.2 Å². The quantitative estimate of drug-likeness (QED) is 0.621. The Bertz CT molecular complexity index is 814.